The molecule has 0 fully saturated rings. The molecule has 2 amide bonds. The van der Waals surface area contributed by atoms with E-state index in [4.69, 9.17) is 4.74 Å². The summed E-state index contributed by atoms with van der Waals surface area (Å²) in [5, 5.41) is 2.99. The monoisotopic (exact) mass is 424 g/mol. The van der Waals surface area contributed by atoms with Gasteiger partial charge >= 0.3 is 0 Å². The van der Waals surface area contributed by atoms with Crippen molar-refractivity contribution in [3.8, 4) is 5.75 Å². The molecule has 0 saturated carbocycles. The van der Waals surface area contributed by atoms with Gasteiger partial charge in [0.2, 0.25) is 5.91 Å². The molecule has 2 aromatic rings. The zero-order valence-electron chi connectivity index (χ0n) is 19.4. The first-order chi connectivity index (χ1) is 14.8. The lowest BCUT2D eigenvalue weighted by molar-refractivity contribution is -0.141. The Hall–Kier alpha value is -2.82. The smallest absolute Gasteiger partial charge is 0.261 e. The number of rotatable bonds is 11. The Morgan fingerprint density at radius 2 is 1.61 bits per heavy atom. The van der Waals surface area contributed by atoms with Crippen LogP contribution in [0.3, 0.4) is 0 Å². The number of carbonyl (C=O) groups is 2. The molecule has 31 heavy (non-hydrogen) atoms. The van der Waals surface area contributed by atoms with Crippen LogP contribution in [0.25, 0.3) is 0 Å². The second kappa shape index (κ2) is 12.1. The van der Waals surface area contributed by atoms with Crippen molar-refractivity contribution in [3.05, 3.63) is 65.7 Å². The molecule has 0 bridgehead atoms. The molecule has 2 rings (SSSR count). The van der Waals surface area contributed by atoms with E-state index in [2.05, 4.69) is 19.2 Å². The minimum absolute atomic E-state index is 0.0650. The normalized spacial score (nSPS) is 12.8. The highest BCUT2D eigenvalue weighted by molar-refractivity contribution is 5.88. The third kappa shape index (κ3) is 7.42. The average molecular weight is 425 g/mol. The second-order valence-electron chi connectivity index (χ2n) is 8.30. The van der Waals surface area contributed by atoms with Crippen molar-refractivity contribution in [2.24, 2.45) is 0 Å². The summed E-state index contributed by atoms with van der Waals surface area (Å²) in [5.41, 5.74) is 2.19. The summed E-state index contributed by atoms with van der Waals surface area (Å²) in [5.74, 6) is 0.672. The van der Waals surface area contributed by atoms with E-state index in [1.54, 1.807) is 11.8 Å². The topological polar surface area (TPSA) is 58.6 Å². The fourth-order valence-corrected chi connectivity index (χ4v) is 3.35. The Labute approximate surface area is 186 Å². The van der Waals surface area contributed by atoms with Gasteiger partial charge in [-0.15, -0.1) is 0 Å². The van der Waals surface area contributed by atoms with Gasteiger partial charge in [0, 0.05) is 12.6 Å². The Morgan fingerprint density at radius 1 is 0.968 bits per heavy atom. The van der Waals surface area contributed by atoms with Gasteiger partial charge in [-0.05, 0) is 49.8 Å². The minimum atomic E-state index is -0.575. The third-order valence-electron chi connectivity index (χ3n) is 5.54. The largest absolute Gasteiger partial charge is 0.483 e. The maximum Gasteiger partial charge on any atom is 0.261 e. The molecule has 5 heteroatoms. The van der Waals surface area contributed by atoms with Crippen molar-refractivity contribution in [2.75, 3.05) is 13.2 Å². The molecule has 0 heterocycles. The number of nitrogens with zero attached hydrogens (tertiary/aromatic N) is 1. The molecule has 2 atom stereocenters. The summed E-state index contributed by atoms with van der Waals surface area (Å²) in [6, 6.07) is 17.2. The molecule has 0 aliphatic rings. The third-order valence-corrected chi connectivity index (χ3v) is 5.54. The van der Waals surface area contributed by atoms with Crippen LogP contribution < -0.4 is 10.1 Å². The molecule has 2 aromatic carbocycles. The lowest BCUT2D eigenvalue weighted by Gasteiger charge is -2.29. The summed E-state index contributed by atoms with van der Waals surface area (Å²) in [6.07, 6.45) is 1.52. The van der Waals surface area contributed by atoms with Crippen LogP contribution in [-0.4, -0.2) is 41.9 Å². The van der Waals surface area contributed by atoms with Crippen LogP contribution in [0.4, 0.5) is 0 Å². The summed E-state index contributed by atoms with van der Waals surface area (Å²) in [6.45, 7) is 10.3. The van der Waals surface area contributed by atoms with E-state index in [1.165, 1.54) is 0 Å². The van der Waals surface area contributed by atoms with E-state index in [-0.39, 0.29) is 24.5 Å². The van der Waals surface area contributed by atoms with Crippen molar-refractivity contribution < 1.29 is 14.3 Å². The lowest BCUT2D eigenvalue weighted by atomic mass is 10.0. The minimum Gasteiger partial charge on any atom is -0.483 e. The van der Waals surface area contributed by atoms with Gasteiger partial charge in [0.15, 0.2) is 6.61 Å². The van der Waals surface area contributed by atoms with Crippen LogP contribution in [0.5, 0.6) is 5.75 Å². The maximum atomic E-state index is 13.1. The fourth-order valence-electron chi connectivity index (χ4n) is 3.35. The quantitative estimate of drug-likeness (QED) is 0.575. The van der Waals surface area contributed by atoms with Crippen molar-refractivity contribution in [3.63, 3.8) is 0 Å². The Balaban J connectivity index is 2.12. The molecule has 0 aliphatic heterocycles. The van der Waals surface area contributed by atoms with Gasteiger partial charge in [-0.25, -0.2) is 0 Å². The number of benzene rings is 2. The first-order valence-electron chi connectivity index (χ1n) is 11.2. The number of nitrogens with one attached hydrogen (secondary N) is 1. The Kier molecular flexibility index (Phi) is 9.57. The molecule has 0 aromatic heterocycles. The number of hydrogen-bond acceptors (Lipinski definition) is 3. The van der Waals surface area contributed by atoms with E-state index in [0.717, 1.165) is 17.5 Å². The van der Waals surface area contributed by atoms with E-state index >= 15 is 0 Å². The first-order valence-corrected chi connectivity index (χ1v) is 11.2. The predicted molar refractivity (Wildman–Crippen MR) is 125 cm³/mol. The van der Waals surface area contributed by atoms with Gasteiger partial charge in [0.25, 0.3) is 5.91 Å². The molecule has 0 spiro atoms. The van der Waals surface area contributed by atoms with Crippen LogP contribution in [-0.2, 0) is 16.0 Å². The van der Waals surface area contributed by atoms with Gasteiger partial charge in [-0.1, -0.05) is 69.3 Å². The fraction of sp³-hybridized carbons (Fsp3) is 0.462. The number of amides is 2. The summed E-state index contributed by atoms with van der Waals surface area (Å²) in [4.78, 5) is 27.5. The molecule has 0 saturated heterocycles. The Bertz CT molecular complexity index is 836. The SMILES string of the molecule is CC[C@H](C)NC(=O)[C@@H](C)N(CCc1ccccc1)C(=O)COc1ccccc1C(C)C. The summed E-state index contributed by atoms with van der Waals surface area (Å²) < 4.78 is 5.90. The number of carbonyl (C=O) groups excluding carboxylic acids is 2. The van der Waals surface area contributed by atoms with Gasteiger partial charge in [-0.3, -0.25) is 9.59 Å². The number of ether oxygens (including phenoxy) is 1. The predicted octanol–water partition coefficient (Wildman–Crippen LogP) is 4.56. The average Bonchev–Trinajstić information content (AvgIpc) is 2.78. The highest BCUT2D eigenvalue weighted by atomic mass is 16.5. The van der Waals surface area contributed by atoms with Crippen molar-refractivity contribution in [1.82, 2.24) is 10.2 Å². The van der Waals surface area contributed by atoms with Gasteiger partial charge in [0.05, 0.1) is 0 Å². The summed E-state index contributed by atoms with van der Waals surface area (Å²) >= 11 is 0. The van der Waals surface area contributed by atoms with Crippen LogP contribution in [0.15, 0.2) is 54.6 Å². The summed E-state index contributed by atoms with van der Waals surface area (Å²) in [7, 11) is 0. The standard InChI is InChI=1S/C26H36N2O3/c1-6-20(4)27-26(30)21(5)28(17-16-22-12-8-7-9-13-22)25(29)18-31-24-15-11-10-14-23(24)19(2)3/h7-15,19-21H,6,16-18H2,1-5H3,(H,27,30)/t20-,21+/m0/s1. The first kappa shape index (κ1) is 24.4. The molecule has 0 radical (unpaired) electrons. The molecule has 0 aliphatic carbocycles. The highest BCUT2D eigenvalue weighted by Crippen LogP contribution is 2.25. The van der Waals surface area contributed by atoms with Crippen LogP contribution in [0.2, 0.25) is 0 Å². The van der Waals surface area contributed by atoms with E-state index < -0.39 is 6.04 Å². The molecule has 168 valence electrons. The molecular weight excluding hydrogens is 388 g/mol. The second-order valence-corrected chi connectivity index (χ2v) is 8.30. The van der Waals surface area contributed by atoms with Crippen molar-refractivity contribution >= 4 is 11.8 Å². The molecule has 1 N–H and O–H groups in total. The van der Waals surface area contributed by atoms with Gasteiger partial charge < -0.3 is 15.0 Å². The van der Waals surface area contributed by atoms with E-state index in [0.29, 0.717) is 24.6 Å². The Morgan fingerprint density at radius 3 is 2.26 bits per heavy atom. The maximum absolute atomic E-state index is 13.1. The zero-order chi connectivity index (χ0) is 22.8. The van der Waals surface area contributed by atoms with E-state index in [9.17, 15) is 9.59 Å². The van der Waals surface area contributed by atoms with Crippen molar-refractivity contribution in [2.45, 2.75) is 65.5 Å². The number of para-hydroxylation sites is 1. The van der Waals surface area contributed by atoms with Crippen LogP contribution in [0, 0.1) is 0 Å². The van der Waals surface area contributed by atoms with Crippen LogP contribution >= 0.6 is 0 Å². The van der Waals surface area contributed by atoms with Gasteiger partial charge in [0.1, 0.15) is 11.8 Å². The molecule has 5 nitrogen and oxygen atoms in total. The molecule has 0 unspecified atom stereocenters. The highest BCUT2D eigenvalue weighted by Gasteiger charge is 2.27. The molecular formula is C26H36N2O3. The zero-order valence-corrected chi connectivity index (χ0v) is 19.4. The van der Waals surface area contributed by atoms with Crippen molar-refractivity contribution in [1.29, 1.82) is 0 Å². The van der Waals surface area contributed by atoms with E-state index in [1.807, 2.05) is 68.4 Å². The van der Waals surface area contributed by atoms with Crippen LogP contribution in [0.1, 0.15) is 58.1 Å². The van der Waals surface area contributed by atoms with Gasteiger partial charge in [-0.2, -0.15) is 0 Å². The number of hydrogen-bond donors (Lipinski definition) is 1. The lowest BCUT2D eigenvalue weighted by Crippen LogP contribution is -2.51.